The highest BCUT2D eigenvalue weighted by atomic mass is 16.5. The van der Waals surface area contributed by atoms with Gasteiger partial charge in [0.25, 0.3) is 0 Å². The summed E-state index contributed by atoms with van der Waals surface area (Å²) in [5.41, 5.74) is 1.21. The fourth-order valence-electron chi connectivity index (χ4n) is 1.77. The number of nitrogens with zero attached hydrogens (tertiary/aromatic N) is 1. The molecule has 0 aliphatic heterocycles. The molecule has 0 fully saturated rings. The van der Waals surface area contributed by atoms with Gasteiger partial charge in [0, 0.05) is 25.3 Å². The van der Waals surface area contributed by atoms with Gasteiger partial charge >= 0.3 is 0 Å². The molecule has 0 aliphatic carbocycles. The molecule has 1 aromatic rings. The van der Waals surface area contributed by atoms with Crippen molar-refractivity contribution in [3.8, 4) is 5.75 Å². The van der Waals surface area contributed by atoms with Gasteiger partial charge in [0.2, 0.25) is 0 Å². The van der Waals surface area contributed by atoms with E-state index in [-0.39, 0.29) is 0 Å². The average Bonchev–Trinajstić information content (AvgIpc) is 2.29. The maximum Gasteiger partial charge on any atom is 0.119 e. The summed E-state index contributed by atoms with van der Waals surface area (Å²) in [6.45, 7) is 6.34. The Morgan fingerprint density at radius 1 is 1.31 bits per heavy atom. The topological polar surface area (TPSA) is 24.5 Å². The van der Waals surface area contributed by atoms with Crippen molar-refractivity contribution >= 4 is 5.69 Å². The quantitative estimate of drug-likeness (QED) is 0.798. The molecule has 1 atom stereocenters. The molecule has 0 bridgehead atoms. The minimum Gasteiger partial charge on any atom is -0.497 e. The van der Waals surface area contributed by atoms with Gasteiger partial charge in [-0.15, -0.1) is 0 Å². The number of nitrogens with one attached hydrogen (secondary N) is 1. The van der Waals surface area contributed by atoms with Gasteiger partial charge < -0.3 is 15.0 Å². The van der Waals surface area contributed by atoms with Crippen LogP contribution in [0.4, 0.5) is 5.69 Å². The molecule has 0 spiro atoms. The first kappa shape index (κ1) is 12.8. The molecule has 0 aromatic heterocycles. The van der Waals surface area contributed by atoms with Crippen molar-refractivity contribution in [2.24, 2.45) is 0 Å². The molecule has 0 saturated heterocycles. The standard InChI is InChI=1S/C13H22N2O/c1-5-14-11(2)10-15(3)12-6-8-13(16-4)9-7-12/h6-9,11,14H,5,10H2,1-4H3. The van der Waals surface area contributed by atoms with E-state index >= 15 is 0 Å². The van der Waals surface area contributed by atoms with Crippen LogP contribution < -0.4 is 15.0 Å². The lowest BCUT2D eigenvalue weighted by atomic mass is 10.2. The van der Waals surface area contributed by atoms with Crippen molar-refractivity contribution < 1.29 is 4.74 Å². The van der Waals surface area contributed by atoms with Crippen LogP contribution in [0.3, 0.4) is 0 Å². The largest absolute Gasteiger partial charge is 0.497 e. The predicted molar refractivity (Wildman–Crippen MR) is 69.4 cm³/mol. The molecule has 0 heterocycles. The molecular formula is C13H22N2O. The van der Waals surface area contributed by atoms with E-state index in [4.69, 9.17) is 4.74 Å². The lowest BCUT2D eigenvalue weighted by Crippen LogP contribution is -2.37. The first-order valence-corrected chi connectivity index (χ1v) is 5.76. The van der Waals surface area contributed by atoms with E-state index in [9.17, 15) is 0 Å². The fraction of sp³-hybridized carbons (Fsp3) is 0.538. The zero-order valence-electron chi connectivity index (χ0n) is 10.7. The number of anilines is 1. The maximum absolute atomic E-state index is 5.14. The first-order chi connectivity index (χ1) is 7.67. The Kier molecular flexibility index (Phi) is 5.12. The SMILES string of the molecule is CCNC(C)CN(C)c1ccc(OC)cc1. The summed E-state index contributed by atoms with van der Waals surface area (Å²) in [5.74, 6) is 0.900. The summed E-state index contributed by atoms with van der Waals surface area (Å²) in [6, 6.07) is 8.64. The Balaban J connectivity index is 2.55. The summed E-state index contributed by atoms with van der Waals surface area (Å²) >= 11 is 0. The third-order valence-electron chi connectivity index (χ3n) is 2.61. The third kappa shape index (κ3) is 3.74. The van der Waals surface area contributed by atoms with Crippen LogP contribution in [0, 0.1) is 0 Å². The Labute approximate surface area is 98.4 Å². The van der Waals surface area contributed by atoms with Crippen LogP contribution in [0.15, 0.2) is 24.3 Å². The third-order valence-corrected chi connectivity index (χ3v) is 2.61. The number of methoxy groups -OCH3 is 1. The number of benzene rings is 1. The van der Waals surface area contributed by atoms with Crippen molar-refractivity contribution in [1.29, 1.82) is 0 Å². The second-order valence-corrected chi connectivity index (χ2v) is 4.04. The highest BCUT2D eigenvalue weighted by molar-refractivity contribution is 5.48. The highest BCUT2D eigenvalue weighted by Crippen LogP contribution is 2.18. The predicted octanol–water partition coefficient (Wildman–Crippen LogP) is 2.13. The number of rotatable bonds is 6. The van der Waals surface area contributed by atoms with Crippen molar-refractivity contribution in [3.63, 3.8) is 0 Å². The average molecular weight is 222 g/mol. The molecule has 90 valence electrons. The summed E-state index contributed by atoms with van der Waals surface area (Å²) < 4.78 is 5.14. The van der Waals surface area contributed by atoms with Gasteiger partial charge in [-0.25, -0.2) is 0 Å². The second-order valence-electron chi connectivity index (χ2n) is 4.04. The van der Waals surface area contributed by atoms with Crippen LogP contribution >= 0.6 is 0 Å². The molecule has 1 rings (SSSR count). The van der Waals surface area contributed by atoms with E-state index in [2.05, 4.69) is 43.2 Å². The lowest BCUT2D eigenvalue weighted by Gasteiger charge is -2.24. The first-order valence-electron chi connectivity index (χ1n) is 5.76. The molecule has 0 saturated carbocycles. The molecule has 3 heteroatoms. The summed E-state index contributed by atoms with van der Waals surface area (Å²) in [7, 11) is 3.79. The van der Waals surface area contributed by atoms with E-state index in [1.165, 1.54) is 5.69 Å². The smallest absolute Gasteiger partial charge is 0.119 e. The van der Waals surface area contributed by atoms with Crippen LogP contribution in [0.25, 0.3) is 0 Å². The van der Waals surface area contributed by atoms with Crippen LogP contribution in [-0.4, -0.2) is 33.3 Å². The van der Waals surface area contributed by atoms with Gasteiger partial charge in [-0.1, -0.05) is 6.92 Å². The second kappa shape index (κ2) is 6.38. The monoisotopic (exact) mass is 222 g/mol. The Bertz CT molecular complexity index is 297. The molecule has 0 aliphatic rings. The molecule has 0 amide bonds. The zero-order valence-corrected chi connectivity index (χ0v) is 10.7. The van der Waals surface area contributed by atoms with E-state index in [0.29, 0.717) is 6.04 Å². The van der Waals surface area contributed by atoms with E-state index < -0.39 is 0 Å². The van der Waals surface area contributed by atoms with Gasteiger partial charge in [0.15, 0.2) is 0 Å². The van der Waals surface area contributed by atoms with Crippen LogP contribution in [-0.2, 0) is 0 Å². The van der Waals surface area contributed by atoms with Crippen LogP contribution in [0.5, 0.6) is 5.75 Å². The molecule has 0 radical (unpaired) electrons. The molecule has 1 unspecified atom stereocenters. The van der Waals surface area contributed by atoms with Gasteiger partial charge in [-0.3, -0.25) is 0 Å². The molecule has 3 nitrogen and oxygen atoms in total. The van der Waals surface area contributed by atoms with Crippen molar-refractivity contribution in [2.75, 3.05) is 32.1 Å². The van der Waals surface area contributed by atoms with Crippen molar-refractivity contribution in [2.45, 2.75) is 19.9 Å². The molecular weight excluding hydrogens is 200 g/mol. The maximum atomic E-state index is 5.14. The summed E-state index contributed by atoms with van der Waals surface area (Å²) in [5, 5.41) is 3.40. The van der Waals surface area contributed by atoms with Gasteiger partial charge in [-0.05, 0) is 37.7 Å². The Hall–Kier alpha value is -1.22. The minimum atomic E-state index is 0.497. The number of ether oxygens (including phenoxy) is 1. The summed E-state index contributed by atoms with van der Waals surface area (Å²) in [6.07, 6.45) is 0. The number of hydrogen-bond acceptors (Lipinski definition) is 3. The lowest BCUT2D eigenvalue weighted by molar-refractivity contribution is 0.415. The number of hydrogen-bond donors (Lipinski definition) is 1. The van der Waals surface area contributed by atoms with Crippen LogP contribution in [0.1, 0.15) is 13.8 Å². The minimum absolute atomic E-state index is 0.497. The highest BCUT2D eigenvalue weighted by Gasteiger charge is 2.05. The molecule has 1 aromatic carbocycles. The zero-order chi connectivity index (χ0) is 12.0. The van der Waals surface area contributed by atoms with Crippen molar-refractivity contribution in [3.05, 3.63) is 24.3 Å². The van der Waals surface area contributed by atoms with E-state index in [1.54, 1.807) is 7.11 Å². The van der Waals surface area contributed by atoms with Gasteiger partial charge in [-0.2, -0.15) is 0 Å². The Morgan fingerprint density at radius 3 is 2.44 bits per heavy atom. The summed E-state index contributed by atoms with van der Waals surface area (Å²) in [4.78, 5) is 2.24. The molecule has 1 N–H and O–H groups in total. The van der Waals surface area contributed by atoms with Crippen LogP contribution in [0.2, 0.25) is 0 Å². The fourth-order valence-corrected chi connectivity index (χ4v) is 1.77. The normalized spacial score (nSPS) is 12.2. The Morgan fingerprint density at radius 2 is 1.94 bits per heavy atom. The van der Waals surface area contributed by atoms with Gasteiger partial charge in [0.05, 0.1) is 7.11 Å². The molecule has 16 heavy (non-hydrogen) atoms. The van der Waals surface area contributed by atoms with Gasteiger partial charge in [0.1, 0.15) is 5.75 Å². The van der Waals surface area contributed by atoms with Crippen molar-refractivity contribution in [1.82, 2.24) is 5.32 Å². The number of likely N-dealkylation sites (N-methyl/N-ethyl adjacent to an activating group) is 2. The van der Waals surface area contributed by atoms with E-state index in [0.717, 1.165) is 18.8 Å². The van der Waals surface area contributed by atoms with E-state index in [1.807, 2.05) is 12.1 Å².